The number of nitrogens with zero attached hydrogens (tertiary/aromatic N) is 2. The number of pyridine rings is 1. The number of aryl methyl sites for hydroxylation is 1. The van der Waals surface area contributed by atoms with Crippen LogP contribution in [-0.4, -0.2) is 22.5 Å². The topological polar surface area (TPSA) is 43.6 Å². The van der Waals surface area contributed by atoms with Crippen molar-refractivity contribution in [2.75, 3.05) is 7.11 Å². The van der Waals surface area contributed by atoms with Gasteiger partial charge in [-0.25, -0.2) is 9.78 Å². The van der Waals surface area contributed by atoms with Gasteiger partial charge in [-0.1, -0.05) is 26.8 Å². The number of methoxy groups -OCH3 is 1. The van der Waals surface area contributed by atoms with Crippen LogP contribution in [0.1, 0.15) is 42.5 Å². The van der Waals surface area contributed by atoms with Gasteiger partial charge in [0.05, 0.1) is 12.8 Å². The first kappa shape index (κ1) is 12.6. The maximum atomic E-state index is 11.8. The number of hydrogen-bond acceptors (Lipinski definition) is 3. The van der Waals surface area contributed by atoms with Gasteiger partial charge in [-0.2, -0.15) is 0 Å². The molecule has 2 heterocycles. The third-order valence-electron chi connectivity index (χ3n) is 3.04. The normalized spacial score (nSPS) is 11.8. The van der Waals surface area contributed by atoms with E-state index in [1.807, 2.05) is 29.7 Å². The highest BCUT2D eigenvalue weighted by atomic mass is 16.5. The lowest BCUT2D eigenvalue weighted by Crippen LogP contribution is -2.13. The van der Waals surface area contributed by atoms with Crippen molar-refractivity contribution in [3.63, 3.8) is 0 Å². The Bertz CT molecular complexity index is 606. The minimum absolute atomic E-state index is 0.0275. The van der Waals surface area contributed by atoms with Gasteiger partial charge in [0.1, 0.15) is 5.65 Å². The van der Waals surface area contributed by atoms with E-state index >= 15 is 0 Å². The Morgan fingerprint density at radius 3 is 2.56 bits per heavy atom. The number of carbonyl (C=O) groups excluding carboxylic acids is 1. The summed E-state index contributed by atoms with van der Waals surface area (Å²) >= 11 is 0. The average molecular weight is 246 g/mol. The van der Waals surface area contributed by atoms with E-state index in [1.165, 1.54) is 7.11 Å². The molecule has 18 heavy (non-hydrogen) atoms. The van der Waals surface area contributed by atoms with Crippen LogP contribution in [0.25, 0.3) is 5.65 Å². The zero-order valence-corrected chi connectivity index (χ0v) is 11.4. The summed E-state index contributed by atoms with van der Waals surface area (Å²) in [5.74, 6) is -0.356. The molecule has 0 aliphatic carbocycles. The number of hydrogen-bond donors (Lipinski definition) is 0. The molecule has 96 valence electrons. The van der Waals surface area contributed by atoms with Crippen LogP contribution in [0.3, 0.4) is 0 Å². The van der Waals surface area contributed by atoms with Crippen molar-refractivity contribution < 1.29 is 9.53 Å². The predicted octanol–water partition coefficient (Wildman–Crippen LogP) is 2.73. The number of imidazole rings is 1. The lowest BCUT2D eigenvalue weighted by Gasteiger charge is -2.19. The summed E-state index contributed by atoms with van der Waals surface area (Å²) in [5.41, 5.74) is 3.13. The number of rotatable bonds is 1. The fourth-order valence-electron chi connectivity index (χ4n) is 1.95. The molecule has 4 nitrogen and oxygen atoms in total. The van der Waals surface area contributed by atoms with Gasteiger partial charge in [-0.15, -0.1) is 0 Å². The van der Waals surface area contributed by atoms with Gasteiger partial charge in [0, 0.05) is 6.20 Å². The summed E-state index contributed by atoms with van der Waals surface area (Å²) in [7, 11) is 1.38. The first-order valence-corrected chi connectivity index (χ1v) is 5.92. The molecule has 4 heteroatoms. The number of fused-ring (bicyclic) bond motifs is 1. The lowest BCUT2D eigenvalue weighted by molar-refractivity contribution is 0.0592. The van der Waals surface area contributed by atoms with Gasteiger partial charge in [-0.05, 0) is 24.0 Å². The third kappa shape index (κ3) is 1.98. The van der Waals surface area contributed by atoms with Crippen LogP contribution in [0.2, 0.25) is 0 Å². The van der Waals surface area contributed by atoms with E-state index in [1.54, 1.807) is 0 Å². The van der Waals surface area contributed by atoms with Crippen LogP contribution < -0.4 is 0 Å². The van der Waals surface area contributed by atoms with Crippen molar-refractivity contribution in [3.8, 4) is 0 Å². The fourth-order valence-corrected chi connectivity index (χ4v) is 1.95. The van der Waals surface area contributed by atoms with Crippen LogP contribution in [0, 0.1) is 6.92 Å². The second-order valence-electron chi connectivity index (χ2n) is 5.43. The molecule has 0 aromatic carbocycles. The van der Waals surface area contributed by atoms with Crippen molar-refractivity contribution in [3.05, 3.63) is 35.3 Å². The zero-order chi connectivity index (χ0) is 13.5. The maximum absolute atomic E-state index is 11.8. The quantitative estimate of drug-likeness (QED) is 0.727. The van der Waals surface area contributed by atoms with Crippen molar-refractivity contribution in [2.45, 2.75) is 33.1 Å². The highest BCUT2D eigenvalue weighted by Crippen LogP contribution is 2.24. The van der Waals surface area contributed by atoms with E-state index in [0.717, 1.165) is 11.2 Å². The molecular weight excluding hydrogens is 228 g/mol. The molecule has 0 aliphatic rings. The Kier molecular flexibility index (Phi) is 2.89. The average Bonchev–Trinajstić information content (AvgIpc) is 2.61. The summed E-state index contributed by atoms with van der Waals surface area (Å²) in [6, 6.07) is 3.98. The van der Waals surface area contributed by atoms with Gasteiger partial charge in [0.25, 0.3) is 0 Å². The Hall–Kier alpha value is -1.84. The molecule has 2 aromatic heterocycles. The Labute approximate surface area is 107 Å². The predicted molar refractivity (Wildman–Crippen MR) is 70.0 cm³/mol. The van der Waals surface area contributed by atoms with Crippen LogP contribution in [0.15, 0.2) is 18.3 Å². The Balaban J connectivity index is 2.71. The van der Waals surface area contributed by atoms with E-state index in [4.69, 9.17) is 4.74 Å². The number of aromatic nitrogens is 2. The monoisotopic (exact) mass is 246 g/mol. The third-order valence-corrected chi connectivity index (χ3v) is 3.04. The largest absolute Gasteiger partial charge is 0.464 e. The number of esters is 1. The highest BCUT2D eigenvalue weighted by Gasteiger charge is 2.20. The molecule has 0 amide bonds. The molecule has 0 unspecified atom stereocenters. The van der Waals surface area contributed by atoms with Gasteiger partial charge in [-0.3, -0.25) is 4.40 Å². The summed E-state index contributed by atoms with van der Waals surface area (Å²) < 4.78 is 6.62. The van der Waals surface area contributed by atoms with Crippen LogP contribution in [0.5, 0.6) is 0 Å². The smallest absolute Gasteiger partial charge is 0.356 e. The summed E-state index contributed by atoms with van der Waals surface area (Å²) in [6.45, 7) is 8.22. The van der Waals surface area contributed by atoms with E-state index < -0.39 is 0 Å². The minimum atomic E-state index is -0.356. The molecule has 0 saturated heterocycles. The van der Waals surface area contributed by atoms with Crippen LogP contribution in [0.4, 0.5) is 0 Å². The summed E-state index contributed by atoms with van der Waals surface area (Å²) in [4.78, 5) is 16.2. The molecule has 0 bridgehead atoms. The molecule has 2 aromatic rings. The van der Waals surface area contributed by atoms with E-state index in [9.17, 15) is 4.79 Å². The molecule has 0 saturated carbocycles. The molecular formula is C14H18N2O2. The maximum Gasteiger partial charge on any atom is 0.356 e. The van der Waals surface area contributed by atoms with Gasteiger partial charge in [0.2, 0.25) is 0 Å². The summed E-state index contributed by atoms with van der Waals surface area (Å²) in [6.07, 6.45) is 1.96. The number of ether oxygens (including phenoxy) is 1. The molecule has 0 atom stereocenters. The standard InChI is InChI=1S/C14H18N2O2/c1-9-12(13(17)18-5)16-8-10(14(2,3)4)6-7-11(16)15-9/h6-8H,1-5H3. The highest BCUT2D eigenvalue weighted by molar-refractivity contribution is 5.89. The molecule has 0 spiro atoms. The number of carbonyl (C=O) groups is 1. The first-order valence-electron chi connectivity index (χ1n) is 5.92. The molecule has 2 rings (SSSR count). The van der Waals surface area contributed by atoms with Crippen LogP contribution in [-0.2, 0) is 10.2 Å². The lowest BCUT2D eigenvalue weighted by atomic mass is 9.88. The Morgan fingerprint density at radius 1 is 1.33 bits per heavy atom. The summed E-state index contributed by atoms with van der Waals surface area (Å²) in [5, 5.41) is 0. The van der Waals surface area contributed by atoms with Crippen molar-refractivity contribution in [1.29, 1.82) is 0 Å². The van der Waals surface area contributed by atoms with Crippen molar-refractivity contribution >= 4 is 11.6 Å². The SMILES string of the molecule is COC(=O)c1c(C)nc2ccc(C(C)(C)C)cn12. The minimum Gasteiger partial charge on any atom is -0.464 e. The van der Waals surface area contributed by atoms with E-state index in [0.29, 0.717) is 11.4 Å². The second-order valence-corrected chi connectivity index (χ2v) is 5.43. The molecule has 0 aliphatic heterocycles. The van der Waals surface area contributed by atoms with Crippen LogP contribution >= 0.6 is 0 Å². The first-order chi connectivity index (χ1) is 8.34. The molecule has 0 fully saturated rings. The van der Waals surface area contributed by atoms with E-state index in [2.05, 4.69) is 25.8 Å². The Morgan fingerprint density at radius 2 is 2.00 bits per heavy atom. The van der Waals surface area contributed by atoms with E-state index in [-0.39, 0.29) is 11.4 Å². The molecule has 0 radical (unpaired) electrons. The van der Waals surface area contributed by atoms with Gasteiger partial charge < -0.3 is 4.74 Å². The van der Waals surface area contributed by atoms with Gasteiger partial charge >= 0.3 is 5.97 Å². The van der Waals surface area contributed by atoms with Crippen molar-refractivity contribution in [2.24, 2.45) is 0 Å². The fraction of sp³-hybridized carbons (Fsp3) is 0.429. The van der Waals surface area contributed by atoms with Gasteiger partial charge in [0.15, 0.2) is 5.69 Å². The second kappa shape index (κ2) is 4.12. The van der Waals surface area contributed by atoms with Crippen molar-refractivity contribution in [1.82, 2.24) is 9.38 Å². The molecule has 0 N–H and O–H groups in total. The zero-order valence-electron chi connectivity index (χ0n) is 11.4.